The molecule has 3 aliphatic heterocycles. The number of piperidine rings is 3. The lowest BCUT2D eigenvalue weighted by atomic mass is 9.78. The number of carbonyl (C=O) groups is 3. The van der Waals surface area contributed by atoms with Crippen molar-refractivity contribution >= 4 is 46.2 Å². The highest BCUT2D eigenvalue weighted by Crippen LogP contribution is 2.36. The summed E-state index contributed by atoms with van der Waals surface area (Å²) in [5.41, 5.74) is 4.88. The number of hydrogen-bond donors (Lipinski definition) is 2. The molecule has 4 aliphatic rings. The van der Waals surface area contributed by atoms with Gasteiger partial charge in [-0.15, -0.1) is 0 Å². The number of rotatable bonds is 9. The Morgan fingerprint density at radius 3 is 2.25 bits per heavy atom. The van der Waals surface area contributed by atoms with Gasteiger partial charge in [0, 0.05) is 69.7 Å². The number of hydrogen-bond acceptors (Lipinski definition) is 9. The smallest absolute Gasteiger partial charge is 0.270 e. The highest BCUT2D eigenvalue weighted by atomic mass is 16.2. The van der Waals surface area contributed by atoms with E-state index in [-0.39, 0.29) is 29.7 Å². The maximum Gasteiger partial charge on any atom is 0.270 e. The van der Waals surface area contributed by atoms with Crippen molar-refractivity contribution in [1.82, 2.24) is 34.6 Å². The van der Waals surface area contributed by atoms with Crippen LogP contribution in [0.4, 0.5) is 17.5 Å². The quantitative estimate of drug-likeness (QED) is 0.199. The van der Waals surface area contributed by atoms with E-state index in [1.807, 2.05) is 18.3 Å². The number of nitrogens with zero attached hydrogens (tertiary/aromatic N) is 7. The molecule has 4 fully saturated rings. The number of imide groups is 1. The van der Waals surface area contributed by atoms with Gasteiger partial charge >= 0.3 is 0 Å². The van der Waals surface area contributed by atoms with E-state index in [9.17, 15) is 14.4 Å². The largest absolute Gasteiger partial charge is 0.372 e. The van der Waals surface area contributed by atoms with Crippen molar-refractivity contribution in [3.63, 3.8) is 0 Å². The number of aromatic nitrogens is 4. The van der Waals surface area contributed by atoms with E-state index in [0.29, 0.717) is 30.3 Å². The van der Waals surface area contributed by atoms with Crippen LogP contribution in [0.3, 0.4) is 0 Å². The zero-order valence-electron chi connectivity index (χ0n) is 31.0. The molecular formula is C41H51N9O3. The van der Waals surface area contributed by atoms with Crippen LogP contribution in [0.25, 0.3) is 11.0 Å². The molecule has 3 saturated heterocycles. The fourth-order valence-corrected chi connectivity index (χ4v) is 9.10. The standard InChI is InChI=1S/C41H51N9O3/c1-47(2)40(53)35-23-31-25-43-41(46-38(31)50(35)33-5-3-4-6-33)44-36-13-7-27(24-42-36)26-48-19-15-28(16-20-48)29-17-21-49(22-18-29)32-10-8-30(9-11-32)34-12-14-37(51)45-39(34)52/h7-11,13,23-25,28-29,33-34H,3-6,12,14-22,26H2,1-2H3,(H,45,51,52)(H,42,43,44,46). The van der Waals surface area contributed by atoms with Crippen LogP contribution in [0, 0.1) is 11.8 Å². The van der Waals surface area contributed by atoms with Gasteiger partial charge in [0.15, 0.2) is 0 Å². The summed E-state index contributed by atoms with van der Waals surface area (Å²) in [6, 6.07) is 14.8. The van der Waals surface area contributed by atoms with Gasteiger partial charge in [-0.25, -0.2) is 9.97 Å². The van der Waals surface area contributed by atoms with Gasteiger partial charge < -0.3 is 19.7 Å². The highest BCUT2D eigenvalue weighted by molar-refractivity contribution is 6.01. The fraction of sp³-hybridized carbons (Fsp3) is 0.512. The number of anilines is 3. The Morgan fingerprint density at radius 1 is 0.868 bits per heavy atom. The van der Waals surface area contributed by atoms with Crippen molar-refractivity contribution in [1.29, 1.82) is 0 Å². The van der Waals surface area contributed by atoms with Crippen molar-refractivity contribution < 1.29 is 14.4 Å². The molecule has 3 aromatic heterocycles. The molecule has 1 atom stereocenters. The SMILES string of the molecule is CN(C)C(=O)c1cc2cnc(Nc3ccc(CN4CCC(C5CCN(c6ccc(C7CCC(=O)NC7=O)cc6)CC5)CC4)cn3)nc2n1C1CCCC1. The molecule has 12 heteroatoms. The number of likely N-dealkylation sites (tertiary alicyclic amines) is 1. The molecule has 6 heterocycles. The summed E-state index contributed by atoms with van der Waals surface area (Å²) in [5.74, 6) is 2.13. The third kappa shape index (κ3) is 7.65. The molecule has 8 rings (SSSR count). The summed E-state index contributed by atoms with van der Waals surface area (Å²) >= 11 is 0. The number of amides is 3. The van der Waals surface area contributed by atoms with E-state index in [1.165, 1.54) is 49.8 Å². The Labute approximate surface area is 311 Å². The maximum absolute atomic E-state index is 13.1. The number of benzene rings is 1. The average Bonchev–Trinajstić information content (AvgIpc) is 3.84. The minimum atomic E-state index is -0.231. The Hall–Kier alpha value is -4.84. The van der Waals surface area contributed by atoms with Crippen molar-refractivity contribution in [2.24, 2.45) is 11.8 Å². The Balaban J connectivity index is 0.813. The highest BCUT2D eigenvalue weighted by Gasteiger charge is 2.31. The summed E-state index contributed by atoms with van der Waals surface area (Å²) in [6.07, 6.45) is 14.1. The monoisotopic (exact) mass is 717 g/mol. The van der Waals surface area contributed by atoms with Gasteiger partial charge in [-0.05, 0) is 105 Å². The lowest BCUT2D eigenvalue weighted by molar-refractivity contribution is -0.134. The first kappa shape index (κ1) is 35.2. The van der Waals surface area contributed by atoms with Gasteiger partial charge in [0.2, 0.25) is 17.8 Å². The summed E-state index contributed by atoms with van der Waals surface area (Å²) in [5, 5.41) is 6.65. The second-order valence-corrected chi connectivity index (χ2v) is 15.7. The van der Waals surface area contributed by atoms with Crippen LogP contribution in [0.15, 0.2) is 54.9 Å². The third-order valence-electron chi connectivity index (χ3n) is 12.1. The van der Waals surface area contributed by atoms with E-state index in [0.717, 1.165) is 74.0 Å². The number of pyridine rings is 1. The molecule has 3 amide bonds. The normalized spacial score (nSPS) is 20.9. The molecule has 1 saturated carbocycles. The van der Waals surface area contributed by atoms with Gasteiger partial charge in [0.05, 0.1) is 5.92 Å². The molecule has 1 aromatic carbocycles. The average molecular weight is 718 g/mol. The molecular weight excluding hydrogens is 667 g/mol. The van der Waals surface area contributed by atoms with Crippen molar-refractivity contribution in [3.05, 3.63) is 71.7 Å². The molecule has 1 aliphatic carbocycles. The topological polar surface area (TPSA) is 129 Å². The summed E-state index contributed by atoms with van der Waals surface area (Å²) in [6.45, 7) is 5.25. The first-order chi connectivity index (χ1) is 25.8. The van der Waals surface area contributed by atoms with Crippen LogP contribution >= 0.6 is 0 Å². The summed E-state index contributed by atoms with van der Waals surface area (Å²) < 4.78 is 2.13. The van der Waals surface area contributed by atoms with E-state index < -0.39 is 0 Å². The number of carbonyl (C=O) groups excluding carboxylic acids is 3. The van der Waals surface area contributed by atoms with Crippen LogP contribution in [-0.2, 0) is 16.1 Å². The molecule has 12 nitrogen and oxygen atoms in total. The van der Waals surface area contributed by atoms with E-state index in [4.69, 9.17) is 9.97 Å². The fourth-order valence-electron chi connectivity index (χ4n) is 9.10. The molecule has 0 spiro atoms. The second-order valence-electron chi connectivity index (χ2n) is 15.7. The third-order valence-corrected chi connectivity index (χ3v) is 12.1. The van der Waals surface area contributed by atoms with E-state index in [2.05, 4.69) is 60.3 Å². The number of fused-ring (bicyclic) bond motifs is 1. The summed E-state index contributed by atoms with van der Waals surface area (Å²) in [4.78, 5) is 57.7. The van der Waals surface area contributed by atoms with Crippen molar-refractivity contribution in [2.45, 2.75) is 82.7 Å². The zero-order chi connectivity index (χ0) is 36.5. The molecule has 1 unspecified atom stereocenters. The Kier molecular flexibility index (Phi) is 10.1. The molecule has 4 aromatic rings. The first-order valence-electron chi connectivity index (χ1n) is 19.5. The molecule has 0 radical (unpaired) electrons. The Morgan fingerprint density at radius 2 is 1.58 bits per heavy atom. The second kappa shape index (κ2) is 15.3. The van der Waals surface area contributed by atoms with Crippen molar-refractivity contribution in [3.8, 4) is 0 Å². The lowest BCUT2D eigenvalue weighted by Crippen LogP contribution is -2.40. The first-order valence-corrected chi connectivity index (χ1v) is 19.5. The predicted octanol–water partition coefficient (Wildman–Crippen LogP) is 6.04. The minimum Gasteiger partial charge on any atom is -0.372 e. The van der Waals surface area contributed by atoms with Crippen LogP contribution in [0.5, 0.6) is 0 Å². The van der Waals surface area contributed by atoms with Gasteiger partial charge in [0.1, 0.15) is 17.2 Å². The zero-order valence-corrected chi connectivity index (χ0v) is 31.0. The van der Waals surface area contributed by atoms with Gasteiger partial charge in [0.25, 0.3) is 5.91 Å². The van der Waals surface area contributed by atoms with Crippen molar-refractivity contribution in [2.75, 3.05) is 50.5 Å². The summed E-state index contributed by atoms with van der Waals surface area (Å²) in [7, 11) is 3.58. The van der Waals surface area contributed by atoms with Gasteiger partial charge in [-0.3, -0.25) is 24.6 Å². The molecule has 0 bridgehead atoms. The van der Waals surface area contributed by atoms with E-state index in [1.54, 1.807) is 25.2 Å². The predicted molar refractivity (Wildman–Crippen MR) is 205 cm³/mol. The lowest BCUT2D eigenvalue weighted by Gasteiger charge is -2.41. The molecule has 53 heavy (non-hydrogen) atoms. The van der Waals surface area contributed by atoms with Crippen LogP contribution < -0.4 is 15.5 Å². The van der Waals surface area contributed by atoms with Crippen LogP contribution in [0.1, 0.15) is 97.8 Å². The molecule has 2 N–H and O–H groups in total. The molecule has 278 valence electrons. The van der Waals surface area contributed by atoms with Gasteiger partial charge in [-0.2, -0.15) is 4.98 Å². The van der Waals surface area contributed by atoms with Crippen LogP contribution in [0.2, 0.25) is 0 Å². The Bertz CT molecular complexity index is 1940. The van der Waals surface area contributed by atoms with Crippen LogP contribution in [-0.4, -0.2) is 87.3 Å². The minimum absolute atomic E-state index is 0.0132. The van der Waals surface area contributed by atoms with Gasteiger partial charge in [-0.1, -0.05) is 31.0 Å². The number of nitrogens with one attached hydrogen (secondary N) is 2. The van der Waals surface area contributed by atoms with E-state index >= 15 is 0 Å². The maximum atomic E-state index is 13.1.